The molecule has 0 amide bonds. The third kappa shape index (κ3) is 2.72. The third-order valence-corrected chi connectivity index (χ3v) is 4.92. The van der Waals surface area contributed by atoms with E-state index in [9.17, 15) is 0 Å². The Morgan fingerprint density at radius 3 is 2.65 bits per heavy atom. The first kappa shape index (κ1) is 14.3. The highest BCUT2D eigenvalue weighted by atomic mass is 79.9. The van der Waals surface area contributed by atoms with Gasteiger partial charge in [0.25, 0.3) is 0 Å². The second-order valence-corrected chi connectivity index (χ2v) is 6.41. The number of ether oxygens (including phenoxy) is 2. The molecule has 2 bridgehead atoms. The fraction of sp³-hybridized carbons (Fsp3) is 0.600. The summed E-state index contributed by atoms with van der Waals surface area (Å²) in [6, 6.07) is 6.48. The van der Waals surface area contributed by atoms with Crippen LogP contribution in [0.3, 0.4) is 0 Å². The van der Waals surface area contributed by atoms with Crippen molar-refractivity contribution in [3.8, 4) is 5.75 Å². The molecule has 2 N–H and O–H groups in total. The molecule has 0 aliphatic carbocycles. The van der Waals surface area contributed by atoms with Crippen LogP contribution in [0.4, 0.5) is 0 Å². The van der Waals surface area contributed by atoms with Gasteiger partial charge in [0.1, 0.15) is 5.75 Å². The van der Waals surface area contributed by atoms with Gasteiger partial charge < -0.3 is 15.2 Å². The summed E-state index contributed by atoms with van der Waals surface area (Å²) in [7, 11) is 1.68. The molecule has 2 heterocycles. The molecule has 0 radical (unpaired) electrons. The fourth-order valence-electron chi connectivity index (χ4n) is 3.29. The van der Waals surface area contributed by atoms with Gasteiger partial charge in [-0.2, -0.15) is 0 Å². The van der Waals surface area contributed by atoms with Gasteiger partial charge in [-0.15, -0.1) is 0 Å². The molecule has 3 unspecified atom stereocenters. The monoisotopic (exact) mass is 340 g/mol. The number of benzene rings is 1. The van der Waals surface area contributed by atoms with Crippen molar-refractivity contribution in [1.82, 2.24) is 4.90 Å². The van der Waals surface area contributed by atoms with Crippen LogP contribution >= 0.6 is 15.9 Å². The van der Waals surface area contributed by atoms with E-state index in [4.69, 9.17) is 15.2 Å². The summed E-state index contributed by atoms with van der Waals surface area (Å²) >= 11 is 3.56. The lowest BCUT2D eigenvalue weighted by molar-refractivity contribution is -0.0521. The standard InChI is InChI=1S/C15H21BrN2O2/c1-19-15-5-2-10(6-13(15)16)14(7-17)18-8-11-3-4-12(9-18)20-11/h2,5-6,11-12,14H,3-4,7-9,17H2,1H3. The van der Waals surface area contributed by atoms with Crippen LogP contribution in [0, 0.1) is 0 Å². The number of nitrogens with two attached hydrogens (primary N) is 1. The zero-order valence-corrected chi connectivity index (χ0v) is 13.3. The molecule has 1 aromatic carbocycles. The summed E-state index contributed by atoms with van der Waals surface area (Å²) in [4.78, 5) is 2.47. The molecule has 2 aliphatic rings. The SMILES string of the molecule is COc1ccc(C(CN)N2CC3CCC(C2)O3)cc1Br. The van der Waals surface area contributed by atoms with Gasteiger partial charge in [-0.05, 0) is 46.5 Å². The van der Waals surface area contributed by atoms with E-state index in [1.54, 1.807) is 7.11 Å². The van der Waals surface area contributed by atoms with Crippen molar-refractivity contribution in [1.29, 1.82) is 0 Å². The van der Waals surface area contributed by atoms with Gasteiger partial charge in [0.2, 0.25) is 0 Å². The smallest absolute Gasteiger partial charge is 0.133 e. The third-order valence-electron chi connectivity index (χ3n) is 4.30. The zero-order chi connectivity index (χ0) is 14.1. The van der Waals surface area contributed by atoms with E-state index in [0.29, 0.717) is 18.8 Å². The molecule has 3 atom stereocenters. The van der Waals surface area contributed by atoms with Crippen LogP contribution in [0.1, 0.15) is 24.4 Å². The molecule has 2 saturated heterocycles. The van der Waals surface area contributed by atoms with Crippen molar-refractivity contribution >= 4 is 15.9 Å². The Labute approximate surface area is 128 Å². The lowest BCUT2D eigenvalue weighted by atomic mass is 10.0. The molecule has 110 valence electrons. The topological polar surface area (TPSA) is 47.7 Å². The van der Waals surface area contributed by atoms with Gasteiger partial charge in [-0.25, -0.2) is 0 Å². The van der Waals surface area contributed by atoms with Gasteiger partial charge in [0.15, 0.2) is 0 Å². The minimum absolute atomic E-state index is 0.254. The van der Waals surface area contributed by atoms with E-state index in [1.165, 1.54) is 18.4 Å². The van der Waals surface area contributed by atoms with Crippen LogP contribution in [-0.4, -0.2) is 43.9 Å². The number of rotatable bonds is 4. The Morgan fingerprint density at radius 2 is 2.10 bits per heavy atom. The van der Waals surface area contributed by atoms with Crippen LogP contribution in [-0.2, 0) is 4.74 Å². The van der Waals surface area contributed by atoms with Crippen molar-refractivity contribution in [3.05, 3.63) is 28.2 Å². The Morgan fingerprint density at radius 1 is 1.40 bits per heavy atom. The Kier molecular flexibility index (Phi) is 4.31. The molecule has 0 aromatic heterocycles. The summed E-state index contributed by atoms with van der Waals surface area (Å²) in [5, 5.41) is 0. The zero-order valence-electron chi connectivity index (χ0n) is 11.7. The molecule has 5 heteroatoms. The van der Waals surface area contributed by atoms with Crippen molar-refractivity contribution in [2.75, 3.05) is 26.7 Å². The second-order valence-electron chi connectivity index (χ2n) is 5.56. The lowest BCUT2D eigenvalue weighted by Crippen LogP contribution is -2.46. The number of methoxy groups -OCH3 is 1. The maximum Gasteiger partial charge on any atom is 0.133 e. The normalized spacial score (nSPS) is 27.6. The fourth-order valence-corrected chi connectivity index (χ4v) is 3.85. The van der Waals surface area contributed by atoms with Gasteiger partial charge in [0, 0.05) is 25.7 Å². The molecule has 3 rings (SSSR count). The number of hydrogen-bond donors (Lipinski definition) is 1. The summed E-state index contributed by atoms with van der Waals surface area (Å²) in [6.45, 7) is 2.60. The van der Waals surface area contributed by atoms with Crippen molar-refractivity contribution in [3.63, 3.8) is 0 Å². The van der Waals surface area contributed by atoms with Gasteiger partial charge in [-0.3, -0.25) is 4.90 Å². The number of halogens is 1. The van der Waals surface area contributed by atoms with Crippen molar-refractivity contribution in [2.24, 2.45) is 5.73 Å². The van der Waals surface area contributed by atoms with E-state index >= 15 is 0 Å². The largest absolute Gasteiger partial charge is 0.496 e. The van der Waals surface area contributed by atoms with Crippen LogP contribution in [0.5, 0.6) is 5.75 Å². The van der Waals surface area contributed by atoms with E-state index in [2.05, 4.69) is 33.0 Å². The van der Waals surface area contributed by atoms with Gasteiger partial charge >= 0.3 is 0 Å². The van der Waals surface area contributed by atoms with Crippen LogP contribution in [0.2, 0.25) is 0 Å². The first-order valence-corrected chi connectivity index (χ1v) is 7.93. The number of fused-ring (bicyclic) bond motifs is 2. The molecule has 20 heavy (non-hydrogen) atoms. The average molecular weight is 341 g/mol. The lowest BCUT2D eigenvalue weighted by Gasteiger charge is -2.37. The summed E-state index contributed by atoms with van der Waals surface area (Å²) in [6.07, 6.45) is 3.16. The van der Waals surface area contributed by atoms with Crippen molar-refractivity contribution in [2.45, 2.75) is 31.1 Å². The van der Waals surface area contributed by atoms with E-state index in [1.807, 2.05) is 6.07 Å². The second kappa shape index (κ2) is 6.02. The maximum atomic E-state index is 6.04. The van der Waals surface area contributed by atoms with Gasteiger partial charge in [-0.1, -0.05) is 6.07 Å². The predicted molar refractivity (Wildman–Crippen MR) is 82.0 cm³/mol. The van der Waals surface area contributed by atoms with Crippen molar-refractivity contribution < 1.29 is 9.47 Å². The maximum absolute atomic E-state index is 6.04. The number of nitrogens with zero attached hydrogens (tertiary/aromatic N) is 1. The van der Waals surface area contributed by atoms with Crippen LogP contribution in [0.25, 0.3) is 0 Å². The molecule has 0 spiro atoms. The minimum atomic E-state index is 0.254. The molecule has 0 saturated carbocycles. The highest BCUT2D eigenvalue weighted by Gasteiger charge is 2.36. The summed E-state index contributed by atoms with van der Waals surface area (Å²) in [5.74, 6) is 0.853. The van der Waals surface area contributed by atoms with Gasteiger partial charge in [0.05, 0.1) is 23.8 Å². The van der Waals surface area contributed by atoms with Crippen LogP contribution < -0.4 is 10.5 Å². The number of hydrogen-bond acceptors (Lipinski definition) is 4. The first-order valence-electron chi connectivity index (χ1n) is 7.14. The molecular weight excluding hydrogens is 320 g/mol. The quantitative estimate of drug-likeness (QED) is 0.913. The summed E-state index contributed by atoms with van der Waals surface area (Å²) < 4.78 is 12.2. The highest BCUT2D eigenvalue weighted by Crippen LogP contribution is 2.34. The van der Waals surface area contributed by atoms with E-state index in [0.717, 1.165) is 23.3 Å². The molecule has 2 aliphatic heterocycles. The average Bonchev–Trinajstić information content (AvgIpc) is 2.79. The molecule has 2 fully saturated rings. The molecule has 4 nitrogen and oxygen atoms in total. The first-order chi connectivity index (χ1) is 9.71. The minimum Gasteiger partial charge on any atom is -0.496 e. The number of morpholine rings is 1. The van der Waals surface area contributed by atoms with Crippen LogP contribution in [0.15, 0.2) is 22.7 Å². The predicted octanol–water partition coefficient (Wildman–Crippen LogP) is 2.32. The number of likely N-dealkylation sites (tertiary alicyclic amines) is 1. The Hall–Kier alpha value is -0.620. The highest BCUT2D eigenvalue weighted by molar-refractivity contribution is 9.10. The van der Waals surface area contributed by atoms with E-state index < -0.39 is 0 Å². The molecular formula is C15H21BrN2O2. The van der Waals surface area contributed by atoms with E-state index in [-0.39, 0.29) is 6.04 Å². The Balaban J connectivity index is 1.80. The molecule has 1 aromatic rings. The Bertz CT molecular complexity index is 471. The summed E-state index contributed by atoms with van der Waals surface area (Å²) in [5.41, 5.74) is 7.28.